The molecule has 0 unspecified atom stereocenters. The van der Waals surface area contributed by atoms with Crippen LogP contribution in [0.3, 0.4) is 0 Å². The van der Waals surface area contributed by atoms with Gasteiger partial charge in [-0.25, -0.2) is 0 Å². The minimum Gasteiger partial charge on any atom is -0.366 e. The van der Waals surface area contributed by atoms with Crippen LogP contribution in [0.1, 0.15) is 17.3 Å². The molecule has 2 aromatic rings. The van der Waals surface area contributed by atoms with Gasteiger partial charge in [-0.05, 0) is 55.5 Å². The van der Waals surface area contributed by atoms with Gasteiger partial charge in [-0.3, -0.25) is 9.59 Å². The van der Waals surface area contributed by atoms with E-state index < -0.39 is 5.91 Å². The molecule has 4 nitrogen and oxygen atoms in total. The summed E-state index contributed by atoms with van der Waals surface area (Å²) in [5.41, 5.74) is 6.20. The van der Waals surface area contributed by atoms with Crippen LogP contribution < -0.4 is 11.1 Å². The monoisotopic (exact) mass is 334 g/mol. The number of thioether (sulfide) groups is 1. The van der Waals surface area contributed by atoms with E-state index in [4.69, 9.17) is 17.3 Å². The molecule has 0 bridgehead atoms. The van der Waals surface area contributed by atoms with Crippen LogP contribution in [0.15, 0.2) is 53.4 Å². The van der Waals surface area contributed by atoms with Crippen molar-refractivity contribution in [3.05, 3.63) is 59.1 Å². The number of carbonyl (C=O) groups is 2. The summed E-state index contributed by atoms with van der Waals surface area (Å²) in [7, 11) is 0. The number of hydrogen-bond acceptors (Lipinski definition) is 3. The average Bonchev–Trinajstić information content (AvgIpc) is 2.50. The molecule has 0 fully saturated rings. The molecule has 0 spiro atoms. The zero-order valence-electron chi connectivity index (χ0n) is 11.9. The number of nitrogens with one attached hydrogen (secondary N) is 1. The number of halogens is 1. The van der Waals surface area contributed by atoms with Gasteiger partial charge in [0.25, 0.3) is 0 Å². The van der Waals surface area contributed by atoms with E-state index in [0.29, 0.717) is 16.3 Å². The molecule has 114 valence electrons. The molecule has 22 heavy (non-hydrogen) atoms. The average molecular weight is 335 g/mol. The second kappa shape index (κ2) is 7.33. The molecule has 0 aromatic heterocycles. The molecule has 0 heterocycles. The van der Waals surface area contributed by atoms with Crippen LogP contribution >= 0.6 is 23.4 Å². The van der Waals surface area contributed by atoms with E-state index >= 15 is 0 Å². The molecule has 0 radical (unpaired) electrons. The molecule has 0 aliphatic carbocycles. The second-order valence-corrected chi connectivity index (χ2v) is 6.50. The molecule has 1 atom stereocenters. The largest absolute Gasteiger partial charge is 0.366 e. The molecule has 0 saturated carbocycles. The smallest absolute Gasteiger partial charge is 0.248 e. The summed E-state index contributed by atoms with van der Waals surface area (Å²) in [5.74, 6) is -0.615. The SMILES string of the molecule is C[C@@H](Sc1ccc(Cl)cc1)C(=O)Nc1ccc(C(N)=O)cc1. The number of hydrogen-bond donors (Lipinski definition) is 2. The number of amides is 2. The number of anilines is 1. The Morgan fingerprint density at radius 1 is 1.09 bits per heavy atom. The lowest BCUT2D eigenvalue weighted by atomic mass is 10.2. The number of primary amides is 1. The third-order valence-electron chi connectivity index (χ3n) is 2.93. The van der Waals surface area contributed by atoms with Crippen LogP contribution in [0, 0.1) is 0 Å². The minimum atomic E-state index is -0.496. The van der Waals surface area contributed by atoms with E-state index in [1.807, 2.05) is 19.1 Å². The van der Waals surface area contributed by atoms with E-state index in [1.54, 1.807) is 36.4 Å². The van der Waals surface area contributed by atoms with E-state index in [1.165, 1.54) is 11.8 Å². The van der Waals surface area contributed by atoms with Gasteiger partial charge in [0.1, 0.15) is 0 Å². The normalized spacial score (nSPS) is 11.7. The Balaban J connectivity index is 1.95. The molecular formula is C16H15ClN2O2S. The minimum absolute atomic E-state index is 0.119. The standard InChI is InChI=1S/C16H15ClN2O2S/c1-10(22-14-8-4-12(17)5-9-14)16(21)19-13-6-2-11(3-7-13)15(18)20/h2-10H,1H3,(H2,18,20)(H,19,21)/t10-/m1/s1. The van der Waals surface area contributed by atoms with Gasteiger partial charge in [-0.15, -0.1) is 11.8 Å². The summed E-state index contributed by atoms with van der Waals surface area (Å²) in [6, 6.07) is 13.8. The van der Waals surface area contributed by atoms with Crippen molar-refractivity contribution in [3.8, 4) is 0 Å². The van der Waals surface area contributed by atoms with Crippen LogP contribution in [0.25, 0.3) is 0 Å². The fourth-order valence-electron chi connectivity index (χ4n) is 1.73. The first-order valence-corrected chi connectivity index (χ1v) is 7.84. The quantitative estimate of drug-likeness (QED) is 0.821. The number of rotatable bonds is 5. The van der Waals surface area contributed by atoms with Gasteiger partial charge in [0.05, 0.1) is 5.25 Å². The fraction of sp³-hybridized carbons (Fsp3) is 0.125. The Kier molecular flexibility index (Phi) is 5.46. The maximum Gasteiger partial charge on any atom is 0.248 e. The Labute approximate surface area is 138 Å². The second-order valence-electron chi connectivity index (χ2n) is 4.64. The molecule has 2 amide bonds. The molecular weight excluding hydrogens is 320 g/mol. The van der Waals surface area contributed by atoms with Crippen molar-refractivity contribution < 1.29 is 9.59 Å². The van der Waals surface area contributed by atoms with Gasteiger partial charge in [0.2, 0.25) is 11.8 Å². The molecule has 2 aromatic carbocycles. The predicted octanol–water partition coefficient (Wildman–Crippen LogP) is 3.56. The summed E-state index contributed by atoms with van der Waals surface area (Å²) in [6.45, 7) is 1.83. The van der Waals surface area contributed by atoms with Crippen molar-refractivity contribution in [2.75, 3.05) is 5.32 Å². The first-order chi connectivity index (χ1) is 10.5. The van der Waals surface area contributed by atoms with Crippen molar-refractivity contribution in [1.29, 1.82) is 0 Å². The van der Waals surface area contributed by atoms with Gasteiger partial charge in [-0.2, -0.15) is 0 Å². The number of carbonyl (C=O) groups excluding carboxylic acids is 2. The van der Waals surface area contributed by atoms with E-state index in [2.05, 4.69) is 5.32 Å². The van der Waals surface area contributed by atoms with Crippen molar-refractivity contribution >= 4 is 40.9 Å². The molecule has 6 heteroatoms. The Morgan fingerprint density at radius 3 is 2.23 bits per heavy atom. The highest BCUT2D eigenvalue weighted by Gasteiger charge is 2.14. The van der Waals surface area contributed by atoms with Crippen molar-refractivity contribution in [2.45, 2.75) is 17.1 Å². The van der Waals surface area contributed by atoms with Crippen LogP contribution in [-0.4, -0.2) is 17.1 Å². The van der Waals surface area contributed by atoms with E-state index in [0.717, 1.165) is 4.90 Å². The zero-order chi connectivity index (χ0) is 16.1. The predicted molar refractivity (Wildman–Crippen MR) is 90.4 cm³/mol. The van der Waals surface area contributed by atoms with Crippen LogP contribution in [0.5, 0.6) is 0 Å². The number of nitrogens with two attached hydrogens (primary N) is 1. The Bertz CT molecular complexity index is 672. The molecule has 0 aliphatic heterocycles. The van der Waals surface area contributed by atoms with Gasteiger partial charge in [0.15, 0.2) is 0 Å². The molecule has 3 N–H and O–H groups in total. The van der Waals surface area contributed by atoms with Gasteiger partial charge >= 0.3 is 0 Å². The highest BCUT2D eigenvalue weighted by atomic mass is 35.5. The Hall–Kier alpha value is -1.98. The third kappa shape index (κ3) is 4.51. The van der Waals surface area contributed by atoms with Crippen molar-refractivity contribution in [2.24, 2.45) is 5.73 Å². The summed E-state index contributed by atoms with van der Waals surface area (Å²) >= 11 is 7.27. The van der Waals surface area contributed by atoms with Crippen LogP contribution in [0.4, 0.5) is 5.69 Å². The highest BCUT2D eigenvalue weighted by molar-refractivity contribution is 8.00. The molecule has 0 aliphatic rings. The fourth-order valence-corrected chi connectivity index (χ4v) is 2.73. The Morgan fingerprint density at radius 2 is 1.68 bits per heavy atom. The van der Waals surface area contributed by atoms with E-state index in [9.17, 15) is 9.59 Å². The maximum absolute atomic E-state index is 12.2. The topological polar surface area (TPSA) is 72.2 Å². The molecule has 2 rings (SSSR count). The van der Waals surface area contributed by atoms with Crippen LogP contribution in [-0.2, 0) is 4.79 Å². The van der Waals surface area contributed by atoms with Gasteiger partial charge < -0.3 is 11.1 Å². The summed E-state index contributed by atoms with van der Waals surface area (Å²) in [5, 5.41) is 3.20. The first kappa shape index (κ1) is 16.4. The van der Waals surface area contributed by atoms with Crippen molar-refractivity contribution in [3.63, 3.8) is 0 Å². The van der Waals surface area contributed by atoms with Gasteiger partial charge in [-0.1, -0.05) is 11.6 Å². The maximum atomic E-state index is 12.2. The molecule has 0 saturated heterocycles. The zero-order valence-corrected chi connectivity index (χ0v) is 13.4. The first-order valence-electron chi connectivity index (χ1n) is 6.58. The lowest BCUT2D eigenvalue weighted by molar-refractivity contribution is -0.115. The van der Waals surface area contributed by atoms with Crippen LogP contribution in [0.2, 0.25) is 5.02 Å². The lowest BCUT2D eigenvalue weighted by Gasteiger charge is -2.12. The third-order valence-corrected chi connectivity index (χ3v) is 4.30. The summed E-state index contributed by atoms with van der Waals surface area (Å²) in [4.78, 5) is 24.1. The lowest BCUT2D eigenvalue weighted by Crippen LogP contribution is -2.22. The highest BCUT2D eigenvalue weighted by Crippen LogP contribution is 2.25. The van der Waals surface area contributed by atoms with Crippen molar-refractivity contribution in [1.82, 2.24) is 0 Å². The number of benzene rings is 2. The van der Waals surface area contributed by atoms with Gasteiger partial charge in [0, 0.05) is 21.2 Å². The summed E-state index contributed by atoms with van der Waals surface area (Å²) in [6.07, 6.45) is 0. The van der Waals surface area contributed by atoms with E-state index in [-0.39, 0.29) is 11.2 Å². The summed E-state index contributed by atoms with van der Waals surface area (Å²) < 4.78 is 0.